The van der Waals surface area contributed by atoms with Crippen LogP contribution in [-0.4, -0.2) is 32.5 Å². The lowest BCUT2D eigenvalue weighted by atomic mass is 10.4. The first-order valence-corrected chi connectivity index (χ1v) is 7.12. The molecule has 0 atom stereocenters. The predicted octanol–water partition coefficient (Wildman–Crippen LogP) is 1.57. The normalized spacial score (nSPS) is 11.9. The maximum atomic E-state index is 12.1. The number of pyridine rings is 1. The lowest BCUT2D eigenvalue weighted by Gasteiger charge is -2.14. The minimum absolute atomic E-state index is 0.470. The maximum absolute atomic E-state index is 12.1. The van der Waals surface area contributed by atoms with Gasteiger partial charge in [0.1, 0.15) is 5.52 Å². The zero-order valence-electron chi connectivity index (χ0n) is 9.20. The summed E-state index contributed by atoms with van der Waals surface area (Å²) in [5.41, 5.74) is 1.12. The predicted molar refractivity (Wildman–Crippen MR) is 60.6 cm³/mol. The Morgan fingerprint density at radius 2 is 2.19 bits per heavy atom. The van der Waals surface area contributed by atoms with Gasteiger partial charge in [0.2, 0.25) is 5.65 Å². The molecule has 0 aliphatic carbocycles. The van der Waals surface area contributed by atoms with Crippen molar-refractivity contribution in [1.29, 1.82) is 0 Å². The second-order valence-corrected chi connectivity index (χ2v) is 6.39. The fraction of sp³-hybridized carbons (Fsp3) is 0.444. The van der Waals surface area contributed by atoms with Gasteiger partial charge in [0.05, 0.1) is 0 Å². The minimum atomic E-state index is -2.65. The van der Waals surface area contributed by atoms with Crippen LogP contribution in [0.4, 0.5) is 0 Å². The molecule has 0 amide bonds. The molecule has 0 aliphatic heterocycles. The van der Waals surface area contributed by atoms with E-state index >= 15 is 0 Å². The molecule has 0 N–H and O–H groups in total. The standard InChI is InChI=1S/C9H13N4O2P/c1-3-16(14,4-2)15-13-9-8(11-12-13)6-5-7-10-9/h5-7H,3-4H2,1-2H3. The number of hydrogen-bond donors (Lipinski definition) is 0. The van der Waals surface area contributed by atoms with E-state index in [2.05, 4.69) is 15.3 Å². The summed E-state index contributed by atoms with van der Waals surface area (Å²) in [7, 11) is -2.65. The van der Waals surface area contributed by atoms with Crippen LogP contribution in [0.2, 0.25) is 0 Å². The third kappa shape index (κ3) is 1.93. The summed E-state index contributed by atoms with van der Waals surface area (Å²) in [6, 6.07) is 3.54. The fourth-order valence-corrected chi connectivity index (χ4v) is 2.35. The Kier molecular flexibility index (Phi) is 2.92. The van der Waals surface area contributed by atoms with Gasteiger partial charge in [-0.2, -0.15) is 0 Å². The van der Waals surface area contributed by atoms with Crippen molar-refractivity contribution in [2.24, 2.45) is 0 Å². The maximum Gasteiger partial charge on any atom is 0.274 e. The molecule has 2 heterocycles. The van der Waals surface area contributed by atoms with E-state index in [1.807, 2.05) is 13.8 Å². The van der Waals surface area contributed by atoms with Gasteiger partial charge >= 0.3 is 0 Å². The third-order valence-electron chi connectivity index (χ3n) is 2.37. The smallest absolute Gasteiger partial charge is 0.274 e. The van der Waals surface area contributed by atoms with E-state index in [9.17, 15) is 4.57 Å². The van der Waals surface area contributed by atoms with Gasteiger partial charge in [0.15, 0.2) is 0 Å². The largest absolute Gasteiger partial charge is 0.337 e. The van der Waals surface area contributed by atoms with Gasteiger partial charge in [-0.3, -0.25) is 4.57 Å². The van der Waals surface area contributed by atoms with E-state index in [-0.39, 0.29) is 0 Å². The Balaban J connectivity index is 2.38. The molecule has 0 saturated heterocycles. The molecule has 86 valence electrons. The van der Waals surface area contributed by atoms with Crippen LogP contribution >= 0.6 is 7.37 Å². The quantitative estimate of drug-likeness (QED) is 0.758. The van der Waals surface area contributed by atoms with Crippen LogP contribution < -0.4 is 4.62 Å². The van der Waals surface area contributed by atoms with Crippen LogP contribution in [-0.2, 0) is 4.57 Å². The van der Waals surface area contributed by atoms with Crippen LogP contribution in [0.1, 0.15) is 13.8 Å². The van der Waals surface area contributed by atoms with Crippen molar-refractivity contribution in [2.75, 3.05) is 12.3 Å². The lowest BCUT2D eigenvalue weighted by Crippen LogP contribution is -2.13. The average molecular weight is 240 g/mol. The van der Waals surface area contributed by atoms with Crippen molar-refractivity contribution >= 4 is 18.5 Å². The Bertz CT molecular complexity index is 531. The van der Waals surface area contributed by atoms with E-state index < -0.39 is 7.37 Å². The van der Waals surface area contributed by atoms with E-state index in [1.54, 1.807) is 18.3 Å². The minimum Gasteiger partial charge on any atom is -0.337 e. The highest BCUT2D eigenvalue weighted by Crippen LogP contribution is 2.42. The van der Waals surface area contributed by atoms with Crippen molar-refractivity contribution in [2.45, 2.75) is 13.8 Å². The first kappa shape index (κ1) is 11.1. The highest BCUT2D eigenvalue weighted by atomic mass is 31.2. The van der Waals surface area contributed by atoms with Crippen molar-refractivity contribution in [3.63, 3.8) is 0 Å². The molecule has 0 unspecified atom stereocenters. The van der Waals surface area contributed by atoms with Gasteiger partial charge in [-0.1, -0.05) is 18.7 Å². The topological polar surface area (TPSA) is 69.9 Å². The van der Waals surface area contributed by atoms with Crippen molar-refractivity contribution in [1.82, 2.24) is 20.1 Å². The van der Waals surface area contributed by atoms with E-state index in [0.29, 0.717) is 23.5 Å². The number of rotatable bonds is 4. The summed E-state index contributed by atoms with van der Waals surface area (Å²) < 4.78 is 17.5. The number of nitrogens with zero attached hydrogens (tertiary/aromatic N) is 4. The SMILES string of the molecule is CCP(=O)(CC)On1nnc2cccnc21. The van der Waals surface area contributed by atoms with Crippen molar-refractivity contribution < 1.29 is 9.19 Å². The molecule has 2 rings (SSSR count). The molecule has 0 aromatic carbocycles. The van der Waals surface area contributed by atoms with Crippen LogP contribution in [0.5, 0.6) is 0 Å². The van der Waals surface area contributed by atoms with Gasteiger partial charge in [-0.05, 0) is 17.3 Å². The van der Waals surface area contributed by atoms with Gasteiger partial charge in [0, 0.05) is 18.5 Å². The Hall–Kier alpha value is -1.42. The van der Waals surface area contributed by atoms with Crippen LogP contribution in [0, 0.1) is 0 Å². The highest BCUT2D eigenvalue weighted by Gasteiger charge is 2.22. The molecule has 0 aliphatic rings. The average Bonchev–Trinajstić information content (AvgIpc) is 2.73. The molecular formula is C9H13N4O2P. The van der Waals surface area contributed by atoms with Gasteiger partial charge in [0.25, 0.3) is 7.37 Å². The molecule has 0 fully saturated rings. The summed E-state index contributed by atoms with van der Waals surface area (Å²) in [4.78, 5) is 5.24. The Labute approximate surface area is 93.0 Å². The number of hydrogen-bond acceptors (Lipinski definition) is 5. The van der Waals surface area contributed by atoms with E-state index in [1.165, 1.54) is 0 Å². The Morgan fingerprint density at radius 1 is 1.44 bits per heavy atom. The summed E-state index contributed by atoms with van der Waals surface area (Å²) >= 11 is 0. The molecule has 0 spiro atoms. The van der Waals surface area contributed by atoms with Gasteiger partial charge in [-0.15, -0.1) is 5.10 Å². The number of aromatic nitrogens is 4. The van der Waals surface area contributed by atoms with Gasteiger partial charge < -0.3 is 4.62 Å². The second-order valence-electron chi connectivity index (χ2n) is 3.34. The third-order valence-corrected chi connectivity index (χ3v) is 4.75. The molecule has 6 nitrogen and oxygen atoms in total. The van der Waals surface area contributed by atoms with Crippen molar-refractivity contribution in [3.05, 3.63) is 18.3 Å². The zero-order chi connectivity index (χ0) is 11.6. The highest BCUT2D eigenvalue weighted by molar-refractivity contribution is 7.59. The molecule has 2 aromatic rings. The molecule has 0 radical (unpaired) electrons. The summed E-state index contributed by atoms with van der Waals surface area (Å²) in [5, 5.41) is 7.66. The Morgan fingerprint density at radius 3 is 2.88 bits per heavy atom. The first-order chi connectivity index (χ1) is 7.68. The molecule has 0 saturated carbocycles. The van der Waals surface area contributed by atoms with Crippen LogP contribution in [0.25, 0.3) is 11.2 Å². The van der Waals surface area contributed by atoms with Gasteiger partial charge in [-0.25, -0.2) is 4.98 Å². The van der Waals surface area contributed by atoms with Crippen molar-refractivity contribution in [3.8, 4) is 0 Å². The molecule has 7 heteroatoms. The van der Waals surface area contributed by atoms with E-state index in [0.717, 1.165) is 4.85 Å². The second kappa shape index (κ2) is 4.22. The van der Waals surface area contributed by atoms with Crippen LogP contribution in [0.3, 0.4) is 0 Å². The summed E-state index contributed by atoms with van der Waals surface area (Å²) in [6.07, 6.45) is 2.56. The summed E-state index contributed by atoms with van der Waals surface area (Å²) in [5.74, 6) is 0. The first-order valence-electron chi connectivity index (χ1n) is 5.13. The molecule has 2 aromatic heterocycles. The zero-order valence-corrected chi connectivity index (χ0v) is 10.1. The lowest BCUT2D eigenvalue weighted by molar-refractivity contribution is 0.239. The summed E-state index contributed by atoms with van der Waals surface area (Å²) in [6.45, 7) is 3.66. The van der Waals surface area contributed by atoms with E-state index in [4.69, 9.17) is 4.62 Å². The number of fused-ring (bicyclic) bond motifs is 1. The monoisotopic (exact) mass is 240 g/mol. The molecule has 0 bridgehead atoms. The van der Waals surface area contributed by atoms with Crippen LogP contribution in [0.15, 0.2) is 18.3 Å². The fourth-order valence-electron chi connectivity index (χ4n) is 1.28. The molecular weight excluding hydrogens is 227 g/mol. The molecule has 16 heavy (non-hydrogen) atoms.